The van der Waals surface area contributed by atoms with E-state index in [2.05, 4.69) is 5.43 Å². The molecule has 1 aromatic rings. The van der Waals surface area contributed by atoms with Gasteiger partial charge < -0.3 is 9.59 Å². The number of imide groups is 1. The van der Waals surface area contributed by atoms with Crippen LogP contribution in [0.25, 0.3) is 0 Å². The Bertz CT molecular complexity index is 556. The monoisotopic (exact) mass is 312 g/mol. The molecule has 0 saturated heterocycles. The van der Waals surface area contributed by atoms with Gasteiger partial charge in [0, 0.05) is 19.9 Å². The number of halogens is 2. The Balaban J connectivity index is 0.000000295. The maximum Gasteiger partial charge on any atom is 0.276 e. The summed E-state index contributed by atoms with van der Waals surface area (Å²) in [7, 11) is 1.37. The number of nitrogens with zero attached hydrogens (tertiary/aromatic N) is 1. The molecular formula is C14H14F2N2O4. The lowest BCUT2D eigenvalue weighted by atomic mass is 10.1. The molecule has 8 heteroatoms. The number of amides is 2. The second-order valence-electron chi connectivity index (χ2n) is 4.25. The van der Waals surface area contributed by atoms with E-state index in [0.717, 1.165) is 24.7 Å². The van der Waals surface area contributed by atoms with Crippen molar-refractivity contribution in [3.63, 3.8) is 0 Å². The lowest BCUT2D eigenvalue weighted by molar-refractivity contribution is -0.108. The van der Waals surface area contributed by atoms with E-state index in [4.69, 9.17) is 0 Å². The molecule has 1 aromatic carbocycles. The van der Waals surface area contributed by atoms with Crippen LogP contribution in [0.1, 0.15) is 40.0 Å². The van der Waals surface area contributed by atoms with Gasteiger partial charge in [0.2, 0.25) is 0 Å². The molecule has 22 heavy (non-hydrogen) atoms. The zero-order chi connectivity index (χ0) is 16.7. The summed E-state index contributed by atoms with van der Waals surface area (Å²) in [4.78, 5) is 42.0. The third kappa shape index (κ3) is 3.79. The van der Waals surface area contributed by atoms with E-state index < -0.39 is 23.4 Å². The maximum absolute atomic E-state index is 12.8. The fourth-order valence-electron chi connectivity index (χ4n) is 1.72. The van der Waals surface area contributed by atoms with Crippen molar-refractivity contribution in [3.8, 4) is 0 Å². The average Bonchev–Trinajstić information content (AvgIpc) is 2.72. The smallest absolute Gasteiger partial charge is 0.276 e. The Morgan fingerprint density at radius 3 is 1.73 bits per heavy atom. The van der Waals surface area contributed by atoms with Crippen molar-refractivity contribution in [3.05, 3.63) is 34.9 Å². The predicted octanol–water partition coefficient (Wildman–Crippen LogP) is 1.25. The number of benzene rings is 1. The van der Waals surface area contributed by atoms with Crippen LogP contribution in [0, 0.1) is 11.6 Å². The third-order valence-electron chi connectivity index (χ3n) is 2.80. The Hall–Kier alpha value is -2.48. The number of hydrogen-bond donors (Lipinski definition) is 1. The third-order valence-corrected chi connectivity index (χ3v) is 2.80. The topological polar surface area (TPSA) is 83.6 Å². The van der Waals surface area contributed by atoms with Gasteiger partial charge in [0.1, 0.15) is 12.6 Å². The van der Waals surface area contributed by atoms with Gasteiger partial charge in [0.05, 0.1) is 11.1 Å². The normalized spacial score (nSPS) is 12.6. The fraction of sp³-hybridized carbons (Fsp3) is 0.286. The zero-order valence-electron chi connectivity index (χ0n) is 11.8. The highest BCUT2D eigenvalue weighted by molar-refractivity contribution is 6.20. The van der Waals surface area contributed by atoms with Crippen molar-refractivity contribution < 1.29 is 28.0 Å². The molecule has 0 aromatic heterocycles. The first-order valence-corrected chi connectivity index (χ1v) is 6.40. The van der Waals surface area contributed by atoms with E-state index in [-0.39, 0.29) is 11.1 Å². The SMILES string of the molecule is CNN1C(=O)c2cc(F)c(F)cc2C1=O.O=CCCCC=O. The molecule has 2 rings (SSSR count). The van der Waals surface area contributed by atoms with E-state index in [9.17, 15) is 28.0 Å². The van der Waals surface area contributed by atoms with E-state index >= 15 is 0 Å². The number of unbranched alkanes of at least 4 members (excludes halogenated alkanes) is 2. The molecule has 0 unspecified atom stereocenters. The van der Waals surface area contributed by atoms with Crippen LogP contribution in [0.4, 0.5) is 8.78 Å². The average molecular weight is 312 g/mol. The Kier molecular flexibility index (Phi) is 6.46. The predicted molar refractivity (Wildman–Crippen MR) is 71.9 cm³/mol. The second-order valence-corrected chi connectivity index (χ2v) is 4.25. The first-order chi connectivity index (χ1) is 10.5. The standard InChI is InChI=1S/C9H6F2N2O2.C5H8O2/c1-12-13-8(14)4-2-6(10)7(11)3-5(4)9(13)15;6-4-2-1-3-5-7/h2-3,12H,1H3;4-5H,1-3H2. The van der Waals surface area contributed by atoms with Gasteiger partial charge in [-0.3, -0.25) is 9.59 Å². The molecule has 1 aliphatic rings. The lowest BCUT2D eigenvalue weighted by Gasteiger charge is -2.09. The summed E-state index contributed by atoms with van der Waals surface area (Å²) in [5, 5.41) is 0.698. The Morgan fingerprint density at radius 1 is 1.00 bits per heavy atom. The maximum atomic E-state index is 12.8. The molecule has 1 aliphatic heterocycles. The van der Waals surface area contributed by atoms with Gasteiger partial charge in [-0.05, 0) is 18.6 Å². The van der Waals surface area contributed by atoms with Gasteiger partial charge in [-0.15, -0.1) is 0 Å². The molecule has 0 spiro atoms. The quantitative estimate of drug-likeness (QED) is 0.502. The molecule has 118 valence electrons. The van der Waals surface area contributed by atoms with Crippen molar-refractivity contribution in [2.45, 2.75) is 19.3 Å². The van der Waals surface area contributed by atoms with Crippen LogP contribution in [0.2, 0.25) is 0 Å². The number of rotatable bonds is 5. The molecule has 0 bridgehead atoms. The molecular weight excluding hydrogens is 298 g/mol. The molecule has 2 amide bonds. The summed E-state index contributed by atoms with van der Waals surface area (Å²) in [6, 6.07) is 1.45. The van der Waals surface area contributed by atoms with Gasteiger partial charge >= 0.3 is 0 Å². The van der Waals surface area contributed by atoms with Gasteiger partial charge in [-0.2, -0.15) is 0 Å². The number of hydrazine groups is 1. The Morgan fingerprint density at radius 2 is 1.41 bits per heavy atom. The summed E-state index contributed by atoms with van der Waals surface area (Å²) in [6.07, 6.45) is 3.37. The first-order valence-electron chi connectivity index (χ1n) is 6.40. The summed E-state index contributed by atoms with van der Waals surface area (Å²) in [5.41, 5.74) is 2.08. The number of carbonyl (C=O) groups is 4. The molecule has 0 saturated carbocycles. The highest BCUT2D eigenvalue weighted by Gasteiger charge is 2.36. The van der Waals surface area contributed by atoms with Crippen LogP contribution >= 0.6 is 0 Å². The molecule has 0 fully saturated rings. The first kappa shape index (κ1) is 17.6. The Labute approximate surface area is 125 Å². The minimum atomic E-state index is -1.15. The number of nitrogens with one attached hydrogen (secondary N) is 1. The van der Waals surface area contributed by atoms with Gasteiger partial charge in [0.25, 0.3) is 11.8 Å². The van der Waals surface area contributed by atoms with Crippen molar-refractivity contribution in [2.75, 3.05) is 7.05 Å². The van der Waals surface area contributed by atoms with Crippen LogP contribution in [-0.2, 0) is 9.59 Å². The van der Waals surface area contributed by atoms with E-state index in [1.165, 1.54) is 7.05 Å². The number of hydrogen-bond acceptors (Lipinski definition) is 5. The summed E-state index contributed by atoms with van der Waals surface area (Å²) in [5.74, 6) is -3.66. The minimum absolute atomic E-state index is 0.131. The van der Waals surface area contributed by atoms with E-state index in [1.54, 1.807) is 0 Å². The lowest BCUT2D eigenvalue weighted by Crippen LogP contribution is -2.39. The largest absolute Gasteiger partial charge is 0.303 e. The van der Waals surface area contributed by atoms with E-state index in [0.29, 0.717) is 24.3 Å². The molecule has 0 radical (unpaired) electrons. The van der Waals surface area contributed by atoms with E-state index in [1.807, 2.05) is 0 Å². The van der Waals surface area contributed by atoms with Crippen LogP contribution in [0.15, 0.2) is 12.1 Å². The van der Waals surface area contributed by atoms with Gasteiger partial charge in [-0.1, -0.05) is 0 Å². The summed E-state index contributed by atoms with van der Waals surface area (Å²) in [6.45, 7) is 0. The van der Waals surface area contributed by atoms with Crippen LogP contribution in [0.3, 0.4) is 0 Å². The molecule has 6 nitrogen and oxygen atoms in total. The van der Waals surface area contributed by atoms with Crippen LogP contribution < -0.4 is 5.43 Å². The molecule has 1 N–H and O–H groups in total. The number of aldehydes is 2. The van der Waals surface area contributed by atoms with Gasteiger partial charge in [-0.25, -0.2) is 19.2 Å². The van der Waals surface area contributed by atoms with Crippen molar-refractivity contribution in [1.82, 2.24) is 10.4 Å². The number of carbonyl (C=O) groups excluding carboxylic acids is 4. The highest BCUT2D eigenvalue weighted by Crippen LogP contribution is 2.23. The highest BCUT2D eigenvalue weighted by atomic mass is 19.2. The van der Waals surface area contributed by atoms with Crippen molar-refractivity contribution in [1.29, 1.82) is 0 Å². The minimum Gasteiger partial charge on any atom is -0.303 e. The second kappa shape index (κ2) is 8.08. The summed E-state index contributed by atoms with van der Waals surface area (Å²) < 4.78 is 25.7. The molecule has 1 heterocycles. The van der Waals surface area contributed by atoms with Gasteiger partial charge in [0.15, 0.2) is 11.6 Å². The van der Waals surface area contributed by atoms with Crippen LogP contribution in [-0.4, -0.2) is 36.4 Å². The van der Waals surface area contributed by atoms with Crippen molar-refractivity contribution >= 4 is 24.4 Å². The number of fused-ring (bicyclic) bond motifs is 1. The molecule has 0 aliphatic carbocycles. The fourth-order valence-corrected chi connectivity index (χ4v) is 1.72. The van der Waals surface area contributed by atoms with Crippen molar-refractivity contribution in [2.24, 2.45) is 0 Å². The molecule has 0 atom stereocenters. The summed E-state index contributed by atoms with van der Waals surface area (Å²) >= 11 is 0. The van der Waals surface area contributed by atoms with Crippen LogP contribution in [0.5, 0.6) is 0 Å². The zero-order valence-corrected chi connectivity index (χ0v) is 11.8.